The van der Waals surface area contributed by atoms with E-state index in [1.54, 1.807) is 31.5 Å². The van der Waals surface area contributed by atoms with Crippen molar-refractivity contribution in [2.75, 3.05) is 7.11 Å². The molecule has 0 radical (unpaired) electrons. The molecule has 0 aliphatic carbocycles. The molecule has 192 valence electrons. The summed E-state index contributed by atoms with van der Waals surface area (Å²) in [6.45, 7) is 4.34. The Bertz CT molecular complexity index is 1560. The molecular weight excluding hydrogens is 689 g/mol. The van der Waals surface area contributed by atoms with Gasteiger partial charge in [-0.15, -0.1) is 0 Å². The van der Waals surface area contributed by atoms with E-state index in [9.17, 15) is 4.79 Å². The zero-order chi connectivity index (χ0) is 26.7. The molecule has 0 amide bonds. The summed E-state index contributed by atoms with van der Waals surface area (Å²) < 4.78 is 15.8. The highest BCUT2D eigenvalue weighted by Gasteiger charge is 2.17. The fourth-order valence-electron chi connectivity index (χ4n) is 3.68. The second-order valence-corrected chi connectivity index (χ2v) is 11.5. The minimum Gasteiger partial charge on any atom is -0.493 e. The van der Waals surface area contributed by atoms with Crippen molar-refractivity contribution in [2.45, 2.75) is 32.8 Å². The number of hydrogen-bond acceptors (Lipinski definition) is 5. The van der Waals surface area contributed by atoms with Gasteiger partial charge in [-0.3, -0.25) is 4.79 Å². The van der Waals surface area contributed by atoms with E-state index in [1.807, 2.05) is 44.2 Å². The molecule has 0 unspecified atom stereocenters. The lowest BCUT2D eigenvalue weighted by Gasteiger charge is -2.16. The second kappa shape index (κ2) is 12.1. The summed E-state index contributed by atoms with van der Waals surface area (Å²) >= 11 is 16.9. The first-order valence-electron chi connectivity index (χ1n) is 11.4. The van der Waals surface area contributed by atoms with E-state index in [0.717, 1.165) is 25.4 Å². The number of aromatic nitrogens is 2. The van der Waals surface area contributed by atoms with Gasteiger partial charge in [-0.1, -0.05) is 79.3 Å². The Balaban J connectivity index is 1.80. The molecule has 37 heavy (non-hydrogen) atoms. The Morgan fingerprint density at radius 1 is 1.11 bits per heavy atom. The summed E-state index contributed by atoms with van der Waals surface area (Å²) in [6.07, 6.45) is 2.35. The molecule has 0 aliphatic heterocycles. The van der Waals surface area contributed by atoms with Gasteiger partial charge in [0.1, 0.15) is 12.4 Å². The van der Waals surface area contributed by atoms with E-state index in [0.29, 0.717) is 38.8 Å². The van der Waals surface area contributed by atoms with Gasteiger partial charge in [0.25, 0.3) is 5.56 Å². The molecule has 0 aliphatic rings. The normalized spacial score (nSPS) is 12.3. The number of rotatable bonds is 8. The van der Waals surface area contributed by atoms with Crippen LogP contribution in [-0.2, 0) is 6.61 Å². The Morgan fingerprint density at radius 3 is 2.54 bits per heavy atom. The molecule has 0 bridgehead atoms. The van der Waals surface area contributed by atoms with Gasteiger partial charge < -0.3 is 9.47 Å². The maximum absolute atomic E-state index is 13.5. The molecule has 1 aromatic heterocycles. The molecule has 4 rings (SSSR count). The molecular formula is C27H23Br3ClN3O3. The van der Waals surface area contributed by atoms with E-state index in [1.165, 1.54) is 4.68 Å². The number of hydrogen-bond donors (Lipinski definition) is 0. The van der Waals surface area contributed by atoms with Gasteiger partial charge in [-0.2, -0.15) is 9.78 Å². The zero-order valence-corrected chi connectivity index (χ0v) is 25.8. The third-order valence-corrected chi connectivity index (χ3v) is 7.80. The number of benzene rings is 3. The zero-order valence-electron chi connectivity index (χ0n) is 20.3. The van der Waals surface area contributed by atoms with Gasteiger partial charge >= 0.3 is 0 Å². The van der Waals surface area contributed by atoms with Gasteiger partial charge in [0.05, 0.1) is 24.2 Å². The molecule has 6 nitrogen and oxygen atoms in total. The van der Waals surface area contributed by atoms with Gasteiger partial charge in [0, 0.05) is 41.6 Å². The first-order valence-corrected chi connectivity index (χ1v) is 14.2. The smallest absolute Gasteiger partial charge is 0.282 e. The number of ether oxygens (including phenoxy) is 2. The molecule has 3 aromatic carbocycles. The van der Waals surface area contributed by atoms with Crippen LogP contribution in [0.15, 0.2) is 71.8 Å². The molecule has 0 spiro atoms. The van der Waals surface area contributed by atoms with E-state index in [-0.39, 0.29) is 18.1 Å². The molecule has 4 aromatic rings. The van der Waals surface area contributed by atoms with E-state index in [2.05, 4.69) is 52.9 Å². The van der Waals surface area contributed by atoms with Crippen LogP contribution in [0.5, 0.6) is 11.5 Å². The molecule has 0 fully saturated rings. The van der Waals surface area contributed by atoms with Crippen molar-refractivity contribution in [3.63, 3.8) is 0 Å². The van der Waals surface area contributed by atoms with Crippen LogP contribution in [0.4, 0.5) is 0 Å². The maximum atomic E-state index is 13.5. The van der Waals surface area contributed by atoms with Crippen molar-refractivity contribution < 1.29 is 9.47 Å². The number of methoxy groups -OCH3 is 1. The van der Waals surface area contributed by atoms with Crippen molar-refractivity contribution in [3.05, 3.63) is 94.3 Å². The van der Waals surface area contributed by atoms with Gasteiger partial charge in [0.2, 0.25) is 0 Å². The Labute approximate surface area is 245 Å². The van der Waals surface area contributed by atoms with Crippen LogP contribution in [0.25, 0.3) is 10.9 Å². The molecule has 0 N–H and O–H groups in total. The summed E-state index contributed by atoms with van der Waals surface area (Å²) in [6, 6.07) is 14.7. The number of nitrogens with zero attached hydrogens (tertiary/aromatic N) is 3. The predicted molar refractivity (Wildman–Crippen MR) is 160 cm³/mol. The average Bonchev–Trinajstić information content (AvgIpc) is 2.87. The van der Waals surface area contributed by atoms with Crippen molar-refractivity contribution in [1.29, 1.82) is 0 Å². The minimum atomic E-state index is -0.256. The van der Waals surface area contributed by atoms with Crippen LogP contribution >= 0.6 is 59.4 Å². The predicted octanol–water partition coefficient (Wildman–Crippen LogP) is 8.32. The Hall–Kier alpha value is -2.20. The standard InChI is InChI=1S/C27H23Br3ClN3O3/c1-4-15(2)26-33-23-8-7-18(28)10-21(23)27(35)34(26)32-13-17-9-20(31)12-24(36-3)25(17)37-14-16-5-6-19(29)11-22(16)30/h5-13,15H,4,14H2,1-3H3/t15-/m0/s1. The average molecular weight is 713 g/mol. The van der Waals surface area contributed by atoms with Gasteiger partial charge in [0.15, 0.2) is 11.5 Å². The summed E-state index contributed by atoms with van der Waals surface area (Å²) in [5.74, 6) is 1.50. The van der Waals surface area contributed by atoms with Crippen molar-refractivity contribution in [2.24, 2.45) is 5.10 Å². The highest BCUT2D eigenvalue weighted by atomic mass is 79.9. The molecule has 0 saturated heterocycles. The number of halogens is 4. The molecule has 10 heteroatoms. The van der Waals surface area contributed by atoms with Crippen LogP contribution in [0, 0.1) is 0 Å². The van der Waals surface area contributed by atoms with Gasteiger partial charge in [-0.05, 0) is 42.8 Å². The lowest BCUT2D eigenvalue weighted by atomic mass is 10.1. The lowest BCUT2D eigenvalue weighted by molar-refractivity contribution is 0.283. The maximum Gasteiger partial charge on any atom is 0.282 e. The van der Waals surface area contributed by atoms with Crippen LogP contribution in [-0.4, -0.2) is 23.0 Å². The highest BCUT2D eigenvalue weighted by molar-refractivity contribution is 9.11. The molecule has 1 atom stereocenters. The first-order chi connectivity index (χ1) is 17.7. The highest BCUT2D eigenvalue weighted by Crippen LogP contribution is 2.35. The molecule has 0 saturated carbocycles. The SMILES string of the molecule is CC[C@H](C)c1nc2ccc(Br)cc2c(=O)n1N=Cc1cc(Cl)cc(OC)c1OCc1ccc(Br)cc1Br. The fraction of sp³-hybridized carbons (Fsp3) is 0.222. The number of fused-ring (bicyclic) bond motifs is 1. The minimum absolute atomic E-state index is 0.0114. The topological polar surface area (TPSA) is 65.7 Å². The van der Waals surface area contributed by atoms with Crippen molar-refractivity contribution in [3.8, 4) is 11.5 Å². The fourth-order valence-corrected chi connectivity index (χ4v) is 5.42. The van der Waals surface area contributed by atoms with Crippen LogP contribution in [0.1, 0.15) is 43.1 Å². The van der Waals surface area contributed by atoms with E-state index in [4.69, 9.17) is 26.1 Å². The second-order valence-electron chi connectivity index (χ2n) is 8.35. The summed E-state index contributed by atoms with van der Waals surface area (Å²) in [5, 5.41) is 5.50. The Morgan fingerprint density at radius 2 is 1.84 bits per heavy atom. The van der Waals surface area contributed by atoms with Gasteiger partial charge in [-0.25, -0.2) is 4.98 Å². The summed E-state index contributed by atoms with van der Waals surface area (Å²) in [4.78, 5) is 18.3. The van der Waals surface area contributed by atoms with Crippen molar-refractivity contribution in [1.82, 2.24) is 9.66 Å². The van der Waals surface area contributed by atoms with Crippen molar-refractivity contribution >= 4 is 76.5 Å². The Kier molecular flexibility index (Phi) is 9.11. The summed E-state index contributed by atoms with van der Waals surface area (Å²) in [5.41, 5.74) is 1.88. The lowest BCUT2D eigenvalue weighted by Crippen LogP contribution is -2.23. The third kappa shape index (κ3) is 6.28. The first kappa shape index (κ1) is 27.8. The van der Waals surface area contributed by atoms with E-state index < -0.39 is 0 Å². The van der Waals surface area contributed by atoms with Crippen LogP contribution < -0.4 is 15.0 Å². The third-order valence-electron chi connectivity index (χ3n) is 5.85. The van der Waals surface area contributed by atoms with Crippen LogP contribution in [0.3, 0.4) is 0 Å². The van der Waals surface area contributed by atoms with E-state index >= 15 is 0 Å². The largest absolute Gasteiger partial charge is 0.493 e. The quantitative estimate of drug-likeness (QED) is 0.173. The monoisotopic (exact) mass is 709 g/mol. The summed E-state index contributed by atoms with van der Waals surface area (Å²) in [7, 11) is 1.55. The molecule has 1 heterocycles. The van der Waals surface area contributed by atoms with Crippen LogP contribution in [0.2, 0.25) is 5.02 Å².